The van der Waals surface area contributed by atoms with Gasteiger partial charge in [-0.2, -0.15) is 0 Å². The molecule has 16 nitrogen and oxygen atoms in total. The van der Waals surface area contributed by atoms with Crippen molar-refractivity contribution >= 4 is 29.2 Å². The molecule has 0 unspecified atom stereocenters. The monoisotopic (exact) mass is 719 g/mol. The first-order chi connectivity index (χ1) is 24.3. The number of rotatable bonds is 30. The Morgan fingerprint density at radius 3 is 1.80 bits per heavy atom. The van der Waals surface area contributed by atoms with Crippen LogP contribution in [-0.4, -0.2) is 73.0 Å². The molecule has 16 heteroatoms. The Bertz CT molecular complexity index is 1180. The molecule has 0 heterocycles. The van der Waals surface area contributed by atoms with Crippen molar-refractivity contribution in [1.82, 2.24) is 32.1 Å². The fourth-order valence-electron chi connectivity index (χ4n) is 5.35. The summed E-state index contributed by atoms with van der Waals surface area (Å²) in [5.41, 5.74) is 35.3. The second-order valence-electron chi connectivity index (χ2n) is 13.4. The normalized spacial score (nSPS) is 13.3. The van der Waals surface area contributed by atoms with Gasteiger partial charge in [-0.3, -0.25) is 35.2 Å². The number of ketones is 2. The van der Waals surface area contributed by atoms with Crippen molar-refractivity contribution < 1.29 is 19.2 Å². The van der Waals surface area contributed by atoms with Gasteiger partial charge in [-0.15, -0.1) is 0 Å². The zero-order chi connectivity index (χ0) is 38.2. The Balaban J connectivity index is 2.96. The number of hydrazine groups is 1. The first-order valence-electron chi connectivity index (χ1n) is 18.3. The number of nitrogen functional groups attached to an aromatic ring is 1. The van der Waals surface area contributed by atoms with Crippen molar-refractivity contribution in [3.63, 3.8) is 0 Å². The summed E-state index contributed by atoms with van der Waals surface area (Å²) in [7, 11) is 0. The second kappa shape index (κ2) is 26.4. The summed E-state index contributed by atoms with van der Waals surface area (Å²) in [5.74, 6) is -2.22. The summed E-state index contributed by atoms with van der Waals surface area (Å²) in [6.45, 7) is 6.92. The zero-order valence-corrected chi connectivity index (χ0v) is 30.9. The molecule has 0 aliphatic rings. The van der Waals surface area contributed by atoms with Crippen molar-refractivity contribution in [2.24, 2.45) is 34.6 Å². The molecule has 0 aliphatic heterocycles. The van der Waals surface area contributed by atoms with E-state index < -0.39 is 48.2 Å². The van der Waals surface area contributed by atoms with Gasteiger partial charge < -0.3 is 39.3 Å². The lowest BCUT2D eigenvalue weighted by Gasteiger charge is -2.28. The maximum Gasteiger partial charge on any atom is 0.239 e. The van der Waals surface area contributed by atoms with Gasteiger partial charge in [0.2, 0.25) is 23.4 Å². The standard InChI is InChI=1S/C35H66N12O4/c1-4-5-6-7-8-9-10-15-28(48)30(49)26(13-11-20-42-34(38)39)45-33(51)29(23(2)3)47-46-27(14-12-21-43-35(40)41)32(50)44-22-24-16-18-25(19-17-24)31(36)37/h16-19,23,26-27,29,34-35,42-43,46-47H,4-15,20-22,38-41H2,1-3H3,(H3,36,37)(H,44,50)(H,45,51)/t26-,27-,29-/m0/s1. The van der Waals surface area contributed by atoms with E-state index >= 15 is 0 Å². The van der Waals surface area contributed by atoms with Crippen LogP contribution in [0.1, 0.15) is 109 Å². The number of hydrogen-bond acceptors (Lipinski definition) is 13. The topological polar surface area (TPSA) is 294 Å². The van der Waals surface area contributed by atoms with Gasteiger partial charge in [0.1, 0.15) is 24.5 Å². The molecule has 0 spiro atoms. The third kappa shape index (κ3) is 20.3. The van der Waals surface area contributed by atoms with Gasteiger partial charge in [-0.1, -0.05) is 83.6 Å². The summed E-state index contributed by atoms with van der Waals surface area (Å²) in [4.78, 5) is 53.3. The van der Waals surface area contributed by atoms with E-state index in [9.17, 15) is 19.2 Å². The van der Waals surface area contributed by atoms with Crippen molar-refractivity contribution in [2.75, 3.05) is 13.1 Å². The smallest absolute Gasteiger partial charge is 0.239 e. The van der Waals surface area contributed by atoms with E-state index in [0.29, 0.717) is 44.3 Å². The van der Waals surface area contributed by atoms with E-state index in [-0.39, 0.29) is 37.0 Å². The molecule has 1 rings (SSSR count). The number of Topliss-reactive ketones (excluding diaryl/α,β-unsaturated/α-hetero) is 2. The number of carbonyl (C=O) groups excluding carboxylic acids is 4. The highest BCUT2D eigenvalue weighted by molar-refractivity contribution is 6.39. The Morgan fingerprint density at radius 1 is 0.725 bits per heavy atom. The molecule has 290 valence electrons. The Kier molecular flexibility index (Phi) is 23.7. The van der Waals surface area contributed by atoms with Crippen LogP contribution in [0.3, 0.4) is 0 Å². The van der Waals surface area contributed by atoms with E-state index in [2.05, 4.69) is 39.0 Å². The van der Waals surface area contributed by atoms with Crippen LogP contribution >= 0.6 is 0 Å². The predicted octanol–water partition coefficient (Wildman–Crippen LogP) is -0.0204. The van der Waals surface area contributed by atoms with Gasteiger partial charge in [0, 0.05) is 18.5 Å². The van der Waals surface area contributed by atoms with Crippen LogP contribution in [0.4, 0.5) is 0 Å². The molecular formula is C35H66N12O4. The first kappa shape index (κ1) is 45.7. The third-order valence-corrected chi connectivity index (χ3v) is 8.42. The van der Waals surface area contributed by atoms with Crippen LogP contribution in [0.2, 0.25) is 0 Å². The fraction of sp³-hybridized carbons (Fsp3) is 0.686. The molecule has 51 heavy (non-hydrogen) atoms. The van der Waals surface area contributed by atoms with Gasteiger partial charge >= 0.3 is 0 Å². The molecule has 1 aromatic carbocycles. The molecule has 17 N–H and O–H groups in total. The van der Waals surface area contributed by atoms with Crippen LogP contribution in [0, 0.1) is 11.3 Å². The van der Waals surface area contributed by atoms with E-state index in [4.69, 9.17) is 34.1 Å². The minimum absolute atomic E-state index is 0.0467. The lowest BCUT2D eigenvalue weighted by molar-refractivity contribution is -0.139. The van der Waals surface area contributed by atoms with E-state index in [0.717, 1.165) is 31.2 Å². The van der Waals surface area contributed by atoms with Crippen LogP contribution in [-0.2, 0) is 25.7 Å². The highest BCUT2D eigenvalue weighted by Crippen LogP contribution is 2.11. The number of carbonyl (C=O) groups is 4. The third-order valence-electron chi connectivity index (χ3n) is 8.42. The summed E-state index contributed by atoms with van der Waals surface area (Å²) >= 11 is 0. The largest absolute Gasteiger partial charge is 0.384 e. The van der Waals surface area contributed by atoms with Crippen molar-refractivity contribution in [3.8, 4) is 0 Å². The van der Waals surface area contributed by atoms with Crippen LogP contribution < -0.4 is 60.8 Å². The van der Waals surface area contributed by atoms with E-state index in [1.165, 1.54) is 12.8 Å². The SMILES string of the molecule is CCCCCCCCCC(=O)C(=O)[C@H](CCCNC(N)N)NC(=O)[C@@H](NN[C@@H](CCCNC(N)N)C(=O)NCc1ccc(C(=N)N)cc1)C(C)C. The molecule has 2 amide bonds. The number of unbranched alkanes of at least 4 members (excludes halogenated alkanes) is 6. The average Bonchev–Trinajstić information content (AvgIpc) is 3.08. The highest BCUT2D eigenvalue weighted by Gasteiger charge is 2.31. The summed E-state index contributed by atoms with van der Waals surface area (Å²) in [6, 6.07) is 4.35. The highest BCUT2D eigenvalue weighted by atomic mass is 16.2. The van der Waals surface area contributed by atoms with Gasteiger partial charge in [0.15, 0.2) is 0 Å². The zero-order valence-electron chi connectivity index (χ0n) is 30.9. The van der Waals surface area contributed by atoms with Crippen LogP contribution in [0.15, 0.2) is 24.3 Å². The minimum atomic E-state index is -1.02. The second-order valence-corrected chi connectivity index (χ2v) is 13.4. The summed E-state index contributed by atoms with van der Waals surface area (Å²) < 4.78 is 0. The molecular weight excluding hydrogens is 652 g/mol. The average molecular weight is 719 g/mol. The molecule has 0 bridgehead atoms. The number of amidine groups is 1. The molecule has 0 radical (unpaired) electrons. The number of nitrogens with two attached hydrogens (primary N) is 5. The number of benzene rings is 1. The molecule has 0 saturated carbocycles. The van der Waals surface area contributed by atoms with Crippen LogP contribution in [0.25, 0.3) is 0 Å². The van der Waals surface area contributed by atoms with Crippen molar-refractivity contribution in [1.29, 1.82) is 5.41 Å². The predicted molar refractivity (Wildman–Crippen MR) is 201 cm³/mol. The molecule has 0 saturated heterocycles. The molecule has 3 atom stereocenters. The molecule has 0 aromatic heterocycles. The van der Waals surface area contributed by atoms with Crippen molar-refractivity contribution in [3.05, 3.63) is 35.4 Å². The van der Waals surface area contributed by atoms with E-state index in [1.54, 1.807) is 24.3 Å². The van der Waals surface area contributed by atoms with E-state index in [1.807, 2.05) is 13.8 Å². The first-order valence-corrected chi connectivity index (χ1v) is 18.3. The van der Waals surface area contributed by atoms with Crippen LogP contribution in [0.5, 0.6) is 0 Å². The maximum absolute atomic E-state index is 13.7. The molecule has 0 aliphatic carbocycles. The lowest BCUT2D eigenvalue weighted by Crippen LogP contribution is -2.60. The fourth-order valence-corrected chi connectivity index (χ4v) is 5.35. The Morgan fingerprint density at radius 2 is 1.27 bits per heavy atom. The molecule has 1 aromatic rings. The Labute approximate surface area is 303 Å². The summed E-state index contributed by atoms with van der Waals surface area (Å²) in [6.07, 6.45) is 7.45. The quantitative estimate of drug-likeness (QED) is 0.0125. The maximum atomic E-state index is 13.7. The lowest BCUT2D eigenvalue weighted by atomic mass is 9.97. The number of nitrogens with one attached hydrogen (secondary N) is 7. The molecule has 0 fully saturated rings. The number of amides is 2. The number of hydrogen-bond donors (Lipinski definition) is 12. The van der Waals surface area contributed by atoms with Gasteiger partial charge in [-0.05, 0) is 56.7 Å². The Hall–Kier alpha value is -3.35. The van der Waals surface area contributed by atoms with Crippen molar-refractivity contribution in [2.45, 2.75) is 135 Å². The van der Waals surface area contributed by atoms with Gasteiger partial charge in [-0.25, -0.2) is 10.9 Å². The minimum Gasteiger partial charge on any atom is -0.384 e. The van der Waals surface area contributed by atoms with Gasteiger partial charge in [0.25, 0.3) is 0 Å². The van der Waals surface area contributed by atoms with Gasteiger partial charge in [0.05, 0.1) is 12.1 Å². The summed E-state index contributed by atoms with van der Waals surface area (Å²) in [5, 5.41) is 19.1.